The predicted molar refractivity (Wildman–Crippen MR) is 112 cm³/mol. The van der Waals surface area contributed by atoms with Crippen LogP contribution in [0.4, 0.5) is 0 Å². The minimum absolute atomic E-state index is 0.319. The summed E-state index contributed by atoms with van der Waals surface area (Å²) in [6.45, 7) is 4.36. The molecule has 0 spiro atoms. The Morgan fingerprint density at radius 2 is 1.34 bits per heavy atom. The second-order valence-corrected chi connectivity index (χ2v) is 7.52. The van der Waals surface area contributed by atoms with Crippen molar-refractivity contribution in [1.82, 2.24) is 0 Å². The van der Waals surface area contributed by atoms with Crippen molar-refractivity contribution in [2.45, 2.75) is 63.7 Å². The molecule has 1 aromatic carbocycles. The molecule has 1 aromatic rings. The molecule has 1 saturated heterocycles. The van der Waals surface area contributed by atoms with E-state index in [0.29, 0.717) is 11.1 Å². The zero-order valence-electron chi connectivity index (χ0n) is 18.1. The predicted octanol–water partition coefficient (Wildman–Crippen LogP) is 2.04. The Kier molecular flexibility index (Phi) is 9.45. The fourth-order valence-corrected chi connectivity index (χ4v) is 3.45. The van der Waals surface area contributed by atoms with Crippen LogP contribution >= 0.6 is 15.9 Å². The molecule has 2 rings (SSSR count). The van der Waals surface area contributed by atoms with Gasteiger partial charge in [-0.2, -0.15) is 0 Å². The molecule has 0 radical (unpaired) electrons. The molecular formula is C21H25BrO10. The molecule has 0 aliphatic carbocycles. The van der Waals surface area contributed by atoms with Crippen molar-refractivity contribution in [3.8, 4) is 5.75 Å². The monoisotopic (exact) mass is 516 g/mol. The van der Waals surface area contributed by atoms with E-state index in [2.05, 4.69) is 15.9 Å². The topological polar surface area (TPSA) is 124 Å². The number of hydrogen-bond donors (Lipinski definition) is 0. The summed E-state index contributed by atoms with van der Waals surface area (Å²) in [7, 11) is 0. The number of rotatable bonds is 8. The largest absolute Gasteiger partial charge is 0.463 e. The van der Waals surface area contributed by atoms with E-state index in [0.717, 1.165) is 19.4 Å². The second kappa shape index (κ2) is 11.8. The van der Waals surface area contributed by atoms with E-state index in [1.807, 2.05) is 12.1 Å². The highest BCUT2D eigenvalue weighted by Gasteiger charge is 2.53. The molecular weight excluding hydrogens is 492 g/mol. The van der Waals surface area contributed by atoms with Crippen molar-refractivity contribution < 1.29 is 47.6 Å². The van der Waals surface area contributed by atoms with E-state index >= 15 is 0 Å². The number of alkyl halides is 1. The number of halogens is 1. The zero-order valence-corrected chi connectivity index (χ0v) is 19.7. The van der Waals surface area contributed by atoms with Gasteiger partial charge in [-0.25, -0.2) is 0 Å². The lowest BCUT2D eigenvalue weighted by atomic mass is 9.98. The Bertz CT molecular complexity index is 824. The smallest absolute Gasteiger partial charge is 0.303 e. The van der Waals surface area contributed by atoms with Crippen LogP contribution in [0.15, 0.2) is 24.3 Å². The fourth-order valence-electron chi connectivity index (χ4n) is 3.07. The van der Waals surface area contributed by atoms with Gasteiger partial charge in [0.15, 0.2) is 12.2 Å². The molecule has 0 amide bonds. The van der Waals surface area contributed by atoms with Gasteiger partial charge in [0.2, 0.25) is 12.4 Å². The van der Waals surface area contributed by atoms with E-state index in [9.17, 15) is 19.2 Å². The Hall–Kier alpha value is -2.66. The van der Waals surface area contributed by atoms with Gasteiger partial charge < -0.3 is 28.4 Å². The van der Waals surface area contributed by atoms with Crippen LogP contribution in [0.2, 0.25) is 0 Å². The maximum atomic E-state index is 11.8. The van der Waals surface area contributed by atoms with E-state index in [-0.39, 0.29) is 6.61 Å². The van der Waals surface area contributed by atoms with Crippen molar-refractivity contribution in [1.29, 1.82) is 0 Å². The van der Waals surface area contributed by atoms with Crippen LogP contribution in [-0.4, -0.2) is 61.2 Å². The summed E-state index contributed by atoms with van der Waals surface area (Å²) in [4.78, 5) is 46.7. The number of carbonyl (C=O) groups excluding carboxylic acids is 4. The average Bonchev–Trinajstić information content (AvgIpc) is 2.70. The lowest BCUT2D eigenvalue weighted by molar-refractivity contribution is -0.288. The van der Waals surface area contributed by atoms with Crippen molar-refractivity contribution in [2.75, 3.05) is 6.61 Å². The minimum Gasteiger partial charge on any atom is -0.463 e. The number of esters is 4. The third-order valence-corrected chi connectivity index (χ3v) is 4.93. The molecule has 0 aromatic heterocycles. The molecule has 176 valence electrons. The van der Waals surface area contributed by atoms with Gasteiger partial charge in [-0.15, -0.1) is 0 Å². The number of ether oxygens (including phenoxy) is 6. The molecule has 2 unspecified atom stereocenters. The molecule has 1 aliphatic heterocycles. The number of benzene rings is 1. The van der Waals surface area contributed by atoms with E-state index < -0.39 is 54.6 Å². The molecule has 0 saturated carbocycles. The lowest BCUT2D eigenvalue weighted by Gasteiger charge is -2.43. The van der Waals surface area contributed by atoms with Gasteiger partial charge >= 0.3 is 23.9 Å². The first kappa shape index (κ1) is 25.6. The van der Waals surface area contributed by atoms with Gasteiger partial charge in [-0.05, 0) is 17.7 Å². The van der Waals surface area contributed by atoms with Crippen LogP contribution in [0.25, 0.3) is 0 Å². The second-order valence-electron chi connectivity index (χ2n) is 6.96. The van der Waals surface area contributed by atoms with Crippen LogP contribution in [0.5, 0.6) is 5.75 Å². The summed E-state index contributed by atoms with van der Waals surface area (Å²) in [5, 5.41) is 0.645. The molecule has 0 N–H and O–H groups in total. The average molecular weight is 517 g/mol. The highest BCUT2D eigenvalue weighted by molar-refractivity contribution is 9.08. The molecule has 32 heavy (non-hydrogen) atoms. The normalized spacial score (nSPS) is 24.7. The Morgan fingerprint density at radius 1 is 0.812 bits per heavy atom. The van der Waals surface area contributed by atoms with E-state index in [4.69, 9.17) is 28.4 Å². The summed E-state index contributed by atoms with van der Waals surface area (Å²) in [5.74, 6) is -2.31. The van der Waals surface area contributed by atoms with Gasteiger partial charge in [-0.3, -0.25) is 19.2 Å². The van der Waals surface area contributed by atoms with Gasteiger partial charge in [0, 0.05) is 33.0 Å². The third kappa shape index (κ3) is 7.49. The SMILES string of the molecule is CC(=O)OCC1O[C@@H](Oc2ccc(CBr)cc2)[C@@H](OC(C)=O)C(OC(C)=O)[C@H]1OC(C)=O. The lowest BCUT2D eigenvalue weighted by Crippen LogP contribution is -2.63. The maximum absolute atomic E-state index is 11.8. The van der Waals surface area contributed by atoms with Gasteiger partial charge in [0.05, 0.1) is 0 Å². The highest BCUT2D eigenvalue weighted by Crippen LogP contribution is 2.31. The Morgan fingerprint density at radius 3 is 1.84 bits per heavy atom. The van der Waals surface area contributed by atoms with Crippen LogP contribution in [0, 0.1) is 0 Å². The molecule has 0 bridgehead atoms. The van der Waals surface area contributed by atoms with Crippen molar-refractivity contribution >= 4 is 39.8 Å². The van der Waals surface area contributed by atoms with Gasteiger partial charge in [-0.1, -0.05) is 28.1 Å². The zero-order chi connectivity index (χ0) is 23.8. The van der Waals surface area contributed by atoms with Gasteiger partial charge in [0.25, 0.3) is 0 Å². The minimum atomic E-state index is -1.28. The van der Waals surface area contributed by atoms with Crippen molar-refractivity contribution in [2.24, 2.45) is 0 Å². The van der Waals surface area contributed by atoms with Gasteiger partial charge in [0.1, 0.15) is 18.5 Å². The van der Waals surface area contributed by atoms with Crippen LogP contribution in [0.1, 0.15) is 33.3 Å². The van der Waals surface area contributed by atoms with Crippen LogP contribution < -0.4 is 4.74 Å². The summed E-state index contributed by atoms with van der Waals surface area (Å²) >= 11 is 3.36. The summed E-state index contributed by atoms with van der Waals surface area (Å²) in [5.41, 5.74) is 0.999. The van der Waals surface area contributed by atoms with E-state index in [1.54, 1.807) is 12.1 Å². The Balaban J connectivity index is 2.42. The summed E-state index contributed by atoms with van der Waals surface area (Å²) < 4.78 is 32.8. The first-order chi connectivity index (χ1) is 15.1. The first-order valence-electron chi connectivity index (χ1n) is 9.72. The number of hydrogen-bond acceptors (Lipinski definition) is 10. The van der Waals surface area contributed by atoms with E-state index in [1.165, 1.54) is 13.8 Å². The molecule has 10 nitrogen and oxygen atoms in total. The number of carbonyl (C=O) groups is 4. The standard InChI is InChI=1S/C21H25BrO10/c1-11(23)27-10-17-18(28-12(2)24)19(29-13(3)25)20(30-14(4)26)21(32-17)31-16-7-5-15(9-22)6-8-16/h5-8,17-21H,9-10H2,1-4H3/t17?,18-,19?,20-,21+/m0/s1. The molecule has 1 heterocycles. The summed E-state index contributed by atoms with van der Waals surface area (Å²) in [6, 6.07) is 7.00. The first-order valence-corrected chi connectivity index (χ1v) is 10.8. The third-order valence-electron chi connectivity index (χ3n) is 4.28. The maximum Gasteiger partial charge on any atom is 0.303 e. The quantitative estimate of drug-likeness (QED) is 0.288. The van der Waals surface area contributed by atoms with Crippen LogP contribution in [0.3, 0.4) is 0 Å². The van der Waals surface area contributed by atoms with Crippen molar-refractivity contribution in [3.63, 3.8) is 0 Å². The van der Waals surface area contributed by atoms with Crippen molar-refractivity contribution in [3.05, 3.63) is 29.8 Å². The molecule has 11 heteroatoms. The molecule has 1 aliphatic rings. The highest BCUT2D eigenvalue weighted by atomic mass is 79.9. The molecule has 1 fully saturated rings. The summed E-state index contributed by atoms with van der Waals surface area (Å²) in [6.07, 6.45) is -6.10. The Labute approximate surface area is 193 Å². The molecule has 5 atom stereocenters. The fraction of sp³-hybridized carbons (Fsp3) is 0.524. The van der Waals surface area contributed by atoms with Crippen LogP contribution in [-0.2, 0) is 48.2 Å².